The Morgan fingerprint density at radius 1 is 0.852 bits per heavy atom. The lowest BCUT2D eigenvalue weighted by Crippen LogP contribution is -1.99. The lowest BCUT2D eigenvalue weighted by atomic mass is 10.2. The van der Waals surface area contributed by atoms with Gasteiger partial charge in [-0.05, 0) is 35.3 Å². The van der Waals surface area contributed by atoms with Crippen molar-refractivity contribution in [3.8, 4) is 17.1 Å². The Morgan fingerprint density at radius 3 is 2.22 bits per heavy atom. The first-order chi connectivity index (χ1) is 12.4. The molecule has 0 amide bonds. The number of halogens is 2. The summed E-state index contributed by atoms with van der Waals surface area (Å²) in [5.41, 5.74) is 3.23. The van der Waals surface area contributed by atoms with Crippen LogP contribution >= 0.6 is 45.5 Å². The smallest absolute Gasteiger partial charge is 0.223 e. The van der Waals surface area contributed by atoms with E-state index in [4.69, 9.17) is 4.98 Å². The molecule has 0 bridgehead atoms. The summed E-state index contributed by atoms with van der Waals surface area (Å²) in [4.78, 5) is 14.3. The van der Waals surface area contributed by atoms with E-state index in [0.29, 0.717) is 6.54 Å². The van der Waals surface area contributed by atoms with Gasteiger partial charge in [0.05, 0.1) is 12.2 Å². The molecule has 0 atom stereocenters. The van der Waals surface area contributed by atoms with Gasteiger partial charge in [0.25, 0.3) is 0 Å². The average molecular weight is 506 g/mol. The molecule has 0 N–H and O–H groups in total. The van der Waals surface area contributed by atoms with Gasteiger partial charge in [0.2, 0.25) is 4.80 Å². The lowest BCUT2D eigenvalue weighted by molar-refractivity contribution is 0.980. The second-order valence-electron chi connectivity index (χ2n) is 5.48. The molecule has 0 aliphatic carbocycles. The van der Waals surface area contributed by atoms with Crippen LogP contribution in [0.5, 0.6) is 0 Å². The molecule has 4 rings (SSSR count). The standard InChI is InChI=1S/C20H16N4S.2BrH/c1-3-9-17(10-4-1)19-23-20(22-15-16-8-7-13-21-14-16)25-24(19)18-11-5-2-6-12-18;;/h1-14H,15H2;2*1H. The largest absolute Gasteiger partial charge is 0.264 e. The van der Waals surface area contributed by atoms with E-state index in [1.165, 1.54) is 0 Å². The Kier molecular flexibility index (Phi) is 8.09. The minimum Gasteiger partial charge on any atom is -0.264 e. The minimum absolute atomic E-state index is 0. The van der Waals surface area contributed by atoms with E-state index in [2.05, 4.69) is 38.2 Å². The van der Waals surface area contributed by atoms with Crippen molar-refractivity contribution in [3.63, 3.8) is 0 Å². The predicted octanol–water partition coefficient (Wildman–Crippen LogP) is 5.25. The first-order valence-corrected chi connectivity index (χ1v) is 8.78. The predicted molar refractivity (Wildman–Crippen MR) is 121 cm³/mol. The maximum Gasteiger partial charge on any atom is 0.223 e. The molecule has 0 spiro atoms. The molecule has 2 aromatic carbocycles. The van der Waals surface area contributed by atoms with Gasteiger partial charge in [-0.1, -0.05) is 54.6 Å². The number of para-hydroxylation sites is 1. The van der Waals surface area contributed by atoms with E-state index in [-0.39, 0.29) is 34.0 Å². The van der Waals surface area contributed by atoms with E-state index in [9.17, 15) is 0 Å². The molecule has 0 radical (unpaired) electrons. The van der Waals surface area contributed by atoms with Gasteiger partial charge in [0, 0.05) is 18.0 Å². The van der Waals surface area contributed by atoms with Crippen molar-refractivity contribution in [2.24, 2.45) is 4.99 Å². The molecular formula is C20H18Br2N4S. The molecule has 2 aromatic heterocycles. The van der Waals surface area contributed by atoms with Crippen LogP contribution < -0.4 is 4.80 Å². The molecule has 7 heteroatoms. The summed E-state index contributed by atoms with van der Waals surface area (Å²) in [6, 6.07) is 24.4. The molecular weight excluding hydrogens is 488 g/mol. The maximum absolute atomic E-state index is 4.77. The van der Waals surface area contributed by atoms with Gasteiger partial charge in [-0.25, -0.2) is 3.96 Å². The molecule has 0 aliphatic heterocycles. The third-order valence-electron chi connectivity index (χ3n) is 3.71. The number of nitrogens with zero attached hydrogens (tertiary/aromatic N) is 4. The normalized spacial score (nSPS) is 10.7. The van der Waals surface area contributed by atoms with E-state index in [1.54, 1.807) is 17.7 Å². The number of aromatic nitrogens is 3. The summed E-state index contributed by atoms with van der Waals surface area (Å²) < 4.78 is 2.12. The molecule has 0 fully saturated rings. The molecule has 0 saturated carbocycles. The van der Waals surface area contributed by atoms with Gasteiger partial charge in [-0.15, -0.1) is 34.0 Å². The molecule has 4 nitrogen and oxygen atoms in total. The topological polar surface area (TPSA) is 43.1 Å². The average Bonchev–Trinajstić information content (AvgIpc) is 3.13. The van der Waals surface area contributed by atoms with Gasteiger partial charge in [0.15, 0.2) is 5.82 Å². The van der Waals surface area contributed by atoms with Crippen LogP contribution in [0.3, 0.4) is 0 Å². The van der Waals surface area contributed by atoms with Gasteiger partial charge >= 0.3 is 0 Å². The van der Waals surface area contributed by atoms with Crippen molar-refractivity contribution in [1.29, 1.82) is 0 Å². The van der Waals surface area contributed by atoms with Gasteiger partial charge in [-0.2, -0.15) is 4.98 Å². The van der Waals surface area contributed by atoms with Crippen molar-refractivity contribution in [2.45, 2.75) is 6.54 Å². The second-order valence-corrected chi connectivity index (χ2v) is 6.40. The van der Waals surface area contributed by atoms with Crippen molar-refractivity contribution < 1.29 is 0 Å². The van der Waals surface area contributed by atoms with Crippen LogP contribution in [-0.4, -0.2) is 13.9 Å². The molecule has 138 valence electrons. The van der Waals surface area contributed by atoms with Crippen LogP contribution in [-0.2, 0) is 6.54 Å². The highest BCUT2D eigenvalue weighted by Crippen LogP contribution is 2.21. The third kappa shape index (κ3) is 5.22. The van der Waals surface area contributed by atoms with E-state index in [0.717, 1.165) is 27.4 Å². The van der Waals surface area contributed by atoms with E-state index >= 15 is 0 Å². The van der Waals surface area contributed by atoms with Crippen LogP contribution in [0.25, 0.3) is 17.1 Å². The monoisotopic (exact) mass is 504 g/mol. The molecule has 0 saturated heterocycles. The van der Waals surface area contributed by atoms with Gasteiger partial charge < -0.3 is 0 Å². The summed E-state index contributed by atoms with van der Waals surface area (Å²) in [6.45, 7) is 0.574. The number of pyridine rings is 1. The Bertz CT molecular complexity index is 956. The van der Waals surface area contributed by atoms with Gasteiger partial charge in [-0.3, -0.25) is 9.98 Å². The SMILES string of the molecule is Br.Br.c1ccc(-c2nc(=NCc3cccnc3)sn2-c2ccccc2)cc1. The van der Waals surface area contributed by atoms with Crippen molar-refractivity contribution in [3.05, 3.63) is 95.6 Å². The highest BCUT2D eigenvalue weighted by molar-refractivity contribution is 8.93. The highest BCUT2D eigenvalue weighted by atomic mass is 79.9. The highest BCUT2D eigenvalue weighted by Gasteiger charge is 2.10. The van der Waals surface area contributed by atoms with Gasteiger partial charge in [0.1, 0.15) is 0 Å². The minimum atomic E-state index is 0. The zero-order valence-electron chi connectivity index (χ0n) is 14.3. The number of hydrogen-bond acceptors (Lipinski definition) is 4. The zero-order valence-corrected chi connectivity index (χ0v) is 18.5. The van der Waals surface area contributed by atoms with Crippen LogP contribution in [0.1, 0.15) is 5.56 Å². The van der Waals surface area contributed by atoms with Crippen molar-refractivity contribution >= 4 is 45.5 Å². The van der Waals surface area contributed by atoms with Crippen LogP contribution in [0.2, 0.25) is 0 Å². The summed E-state index contributed by atoms with van der Waals surface area (Å²) in [6.07, 6.45) is 3.60. The maximum atomic E-state index is 4.77. The van der Waals surface area contributed by atoms with E-state index in [1.807, 2.05) is 54.7 Å². The number of rotatable bonds is 4. The molecule has 0 unspecified atom stereocenters. The molecule has 2 heterocycles. The summed E-state index contributed by atoms with van der Waals surface area (Å²) in [5.74, 6) is 0.904. The van der Waals surface area contributed by atoms with Crippen LogP contribution in [0, 0.1) is 0 Å². The number of hydrogen-bond donors (Lipinski definition) is 0. The van der Waals surface area contributed by atoms with Crippen LogP contribution in [0.15, 0.2) is 90.2 Å². The van der Waals surface area contributed by atoms with Crippen LogP contribution in [0.4, 0.5) is 0 Å². The first-order valence-electron chi connectivity index (χ1n) is 8.01. The Labute approximate surface area is 183 Å². The fourth-order valence-electron chi connectivity index (χ4n) is 2.50. The summed E-state index contributed by atoms with van der Waals surface area (Å²) in [5, 5.41) is 0. The first kappa shape index (κ1) is 21.2. The summed E-state index contributed by atoms with van der Waals surface area (Å²) in [7, 11) is 0. The fraction of sp³-hybridized carbons (Fsp3) is 0.0500. The Morgan fingerprint density at radius 2 is 1.56 bits per heavy atom. The third-order valence-corrected chi connectivity index (χ3v) is 4.66. The second kappa shape index (κ2) is 10.3. The molecule has 0 aliphatic rings. The van der Waals surface area contributed by atoms with Crippen molar-refractivity contribution in [1.82, 2.24) is 13.9 Å². The summed E-state index contributed by atoms with van der Waals surface area (Å²) >= 11 is 1.55. The number of benzene rings is 2. The quantitative estimate of drug-likeness (QED) is 0.380. The fourth-order valence-corrected chi connectivity index (χ4v) is 3.38. The zero-order chi connectivity index (χ0) is 16.9. The Balaban J connectivity index is 0.00000131. The van der Waals surface area contributed by atoms with Crippen molar-refractivity contribution in [2.75, 3.05) is 0 Å². The molecule has 27 heavy (non-hydrogen) atoms. The molecule has 4 aromatic rings. The Hall–Kier alpha value is -2.09. The van der Waals surface area contributed by atoms with E-state index < -0.39 is 0 Å². The lowest BCUT2D eigenvalue weighted by Gasteiger charge is -2.05.